The number of carbonyl (C=O) groups is 1. The first-order chi connectivity index (χ1) is 19.7. The first-order valence-electron chi connectivity index (χ1n) is 13.1. The van der Waals surface area contributed by atoms with E-state index in [1.807, 2.05) is 6.07 Å². The van der Waals surface area contributed by atoms with Gasteiger partial charge in [0.05, 0.1) is 16.9 Å². The lowest BCUT2D eigenvalue weighted by atomic mass is 9.90. The number of aliphatic hydroxyl groups is 1. The van der Waals surface area contributed by atoms with Gasteiger partial charge in [0.25, 0.3) is 11.5 Å². The Morgan fingerprint density at radius 3 is 2.43 bits per heavy atom. The van der Waals surface area contributed by atoms with Crippen molar-refractivity contribution in [2.45, 2.75) is 50.8 Å². The van der Waals surface area contributed by atoms with Crippen molar-refractivity contribution in [1.29, 1.82) is 0 Å². The molecule has 1 fully saturated rings. The van der Waals surface area contributed by atoms with E-state index in [2.05, 4.69) is 10.3 Å². The van der Waals surface area contributed by atoms with Crippen molar-refractivity contribution in [2.75, 3.05) is 5.32 Å². The number of amides is 1. The molecule has 2 N–H and O–H groups in total. The van der Waals surface area contributed by atoms with Gasteiger partial charge in [0.2, 0.25) is 0 Å². The second-order valence-electron chi connectivity index (χ2n) is 11.0. The number of pyridine rings is 2. The maximum atomic E-state index is 14.1. The summed E-state index contributed by atoms with van der Waals surface area (Å²) in [7, 11) is 0. The van der Waals surface area contributed by atoms with Gasteiger partial charge in [-0.15, -0.1) is 0 Å². The van der Waals surface area contributed by atoms with Crippen molar-refractivity contribution in [3.05, 3.63) is 109 Å². The van der Waals surface area contributed by atoms with Crippen molar-refractivity contribution >= 4 is 23.2 Å². The average molecular weight is 598 g/mol. The summed E-state index contributed by atoms with van der Waals surface area (Å²) in [5, 5.41) is 12.9. The first-order valence-corrected chi connectivity index (χ1v) is 13.5. The number of aryl methyl sites for hydroxylation is 2. The van der Waals surface area contributed by atoms with E-state index in [4.69, 9.17) is 11.6 Å². The highest BCUT2D eigenvalue weighted by Crippen LogP contribution is 2.56. The minimum atomic E-state index is -4.87. The molecule has 1 amide bonds. The highest BCUT2D eigenvalue weighted by molar-refractivity contribution is 6.31. The molecule has 42 heavy (non-hydrogen) atoms. The van der Waals surface area contributed by atoms with Crippen LogP contribution >= 0.6 is 11.6 Å². The van der Waals surface area contributed by atoms with Crippen LogP contribution in [0, 0.1) is 19.7 Å². The minimum Gasteiger partial charge on any atom is -0.375 e. The molecule has 0 radical (unpaired) electrons. The number of aromatic nitrogens is 2. The molecule has 6 nitrogen and oxygen atoms in total. The van der Waals surface area contributed by atoms with Crippen LogP contribution in [-0.2, 0) is 16.6 Å². The molecular weight excluding hydrogens is 574 g/mol. The van der Waals surface area contributed by atoms with Gasteiger partial charge in [0.15, 0.2) is 5.60 Å². The molecule has 11 heteroatoms. The Hall–Kier alpha value is -4.02. The third-order valence-electron chi connectivity index (χ3n) is 8.08. The van der Waals surface area contributed by atoms with E-state index in [9.17, 15) is 32.3 Å². The van der Waals surface area contributed by atoms with Crippen molar-refractivity contribution in [3.8, 4) is 16.9 Å². The van der Waals surface area contributed by atoms with Gasteiger partial charge in [-0.3, -0.25) is 19.1 Å². The second-order valence-corrected chi connectivity index (χ2v) is 11.4. The number of hydrogen-bond donors (Lipinski definition) is 2. The molecule has 2 aliphatic rings. The molecule has 6 rings (SSSR count). The number of rotatable bonds is 4. The quantitative estimate of drug-likeness (QED) is 0.255. The van der Waals surface area contributed by atoms with Gasteiger partial charge >= 0.3 is 6.18 Å². The average Bonchev–Trinajstić information content (AvgIpc) is 3.67. The number of nitrogens with one attached hydrogen (secondary N) is 1. The number of fused-ring (bicyclic) bond motifs is 1. The number of halogens is 5. The summed E-state index contributed by atoms with van der Waals surface area (Å²) in [5.41, 5.74) is -1.39. The Bertz CT molecular complexity index is 1850. The van der Waals surface area contributed by atoms with Crippen LogP contribution in [-0.4, -0.2) is 20.6 Å². The lowest BCUT2D eigenvalue weighted by molar-refractivity contribution is -0.142. The lowest BCUT2D eigenvalue weighted by Gasteiger charge is -2.21. The summed E-state index contributed by atoms with van der Waals surface area (Å²) in [6.45, 7) is 4.47. The Morgan fingerprint density at radius 1 is 1.07 bits per heavy atom. The number of carbonyl (C=O) groups excluding carboxylic acids is 1. The summed E-state index contributed by atoms with van der Waals surface area (Å²) in [5.74, 6) is -1.19. The normalized spacial score (nSPS) is 21.3. The van der Waals surface area contributed by atoms with Crippen LogP contribution in [0.5, 0.6) is 0 Å². The third kappa shape index (κ3) is 4.49. The summed E-state index contributed by atoms with van der Waals surface area (Å²) in [4.78, 5) is 30.2. The van der Waals surface area contributed by atoms with Gasteiger partial charge in [0.1, 0.15) is 10.8 Å². The zero-order chi connectivity index (χ0) is 30.3. The van der Waals surface area contributed by atoms with Crippen molar-refractivity contribution in [2.24, 2.45) is 0 Å². The Balaban J connectivity index is 1.42. The molecule has 0 bridgehead atoms. The summed E-state index contributed by atoms with van der Waals surface area (Å²) >= 11 is 6.62. The van der Waals surface area contributed by atoms with Gasteiger partial charge < -0.3 is 10.4 Å². The number of hydrogen-bond acceptors (Lipinski definition) is 4. The summed E-state index contributed by atoms with van der Waals surface area (Å²) < 4.78 is 57.0. The van der Waals surface area contributed by atoms with Crippen LogP contribution in [0.1, 0.15) is 58.7 Å². The van der Waals surface area contributed by atoms with Gasteiger partial charge in [-0.2, -0.15) is 13.2 Å². The Morgan fingerprint density at radius 2 is 1.76 bits per heavy atom. The largest absolute Gasteiger partial charge is 0.416 e. The predicted molar refractivity (Wildman–Crippen MR) is 149 cm³/mol. The minimum absolute atomic E-state index is 0.00210. The van der Waals surface area contributed by atoms with Crippen LogP contribution in [0.25, 0.3) is 16.9 Å². The number of anilines is 1. The van der Waals surface area contributed by atoms with E-state index >= 15 is 0 Å². The lowest BCUT2D eigenvalue weighted by Crippen LogP contribution is -2.32. The van der Waals surface area contributed by atoms with E-state index in [0.717, 1.165) is 25.0 Å². The molecule has 3 heterocycles. The van der Waals surface area contributed by atoms with Crippen LogP contribution < -0.4 is 10.9 Å². The zero-order valence-corrected chi connectivity index (χ0v) is 23.4. The highest BCUT2D eigenvalue weighted by Gasteiger charge is 2.48. The molecule has 2 aromatic heterocycles. The predicted octanol–water partition coefficient (Wildman–Crippen LogP) is 6.76. The zero-order valence-electron chi connectivity index (χ0n) is 22.6. The highest BCUT2D eigenvalue weighted by atomic mass is 35.5. The first kappa shape index (κ1) is 28.1. The molecule has 3 atom stereocenters. The van der Waals surface area contributed by atoms with Gasteiger partial charge in [-0.25, -0.2) is 4.39 Å². The maximum absolute atomic E-state index is 14.1. The third-order valence-corrected chi connectivity index (χ3v) is 8.46. The number of benzene rings is 2. The van der Waals surface area contributed by atoms with Gasteiger partial charge in [0, 0.05) is 28.7 Å². The van der Waals surface area contributed by atoms with E-state index in [1.54, 1.807) is 26.0 Å². The van der Waals surface area contributed by atoms with Crippen LogP contribution in [0.15, 0.2) is 59.5 Å². The summed E-state index contributed by atoms with van der Waals surface area (Å²) in [6.07, 6.45) is -2.66. The van der Waals surface area contributed by atoms with Gasteiger partial charge in [-0.1, -0.05) is 23.7 Å². The van der Waals surface area contributed by atoms with Crippen molar-refractivity contribution in [1.82, 2.24) is 9.55 Å². The Labute approximate surface area is 242 Å². The smallest absolute Gasteiger partial charge is 0.375 e. The molecule has 1 unspecified atom stereocenters. The fourth-order valence-corrected chi connectivity index (χ4v) is 6.11. The van der Waals surface area contributed by atoms with E-state index in [0.29, 0.717) is 22.5 Å². The molecule has 1 aliphatic carbocycles. The summed E-state index contributed by atoms with van der Waals surface area (Å²) in [6, 6.07) is 11.7. The molecule has 216 valence electrons. The molecule has 1 saturated carbocycles. The van der Waals surface area contributed by atoms with Crippen LogP contribution in [0.4, 0.5) is 23.2 Å². The standard InChI is InChI=1S/C31H24ClF4N3O3/c1-14-13-37-23(17-9-22(31(34,35)36)26-24(10-17)38-29(41)30(26,3)42)12-25(14)39-15(2)8-21(27(32)28(39)40)20-11-19(20)16-4-6-18(33)7-5-16/h4-10,12-13,19-20,42H,11H2,1-3H3,(H,38,41)/t19-,20+,30?/m1/s1. The molecule has 0 spiro atoms. The number of nitrogens with zero attached hydrogens (tertiary/aromatic N) is 2. The van der Waals surface area contributed by atoms with Crippen molar-refractivity contribution < 1.29 is 27.5 Å². The monoisotopic (exact) mass is 597 g/mol. The van der Waals surface area contributed by atoms with Crippen LogP contribution in [0.2, 0.25) is 5.02 Å². The van der Waals surface area contributed by atoms with Gasteiger partial charge in [-0.05, 0) is 92.1 Å². The molecule has 0 saturated heterocycles. The fourth-order valence-electron chi connectivity index (χ4n) is 5.83. The molecule has 2 aromatic carbocycles. The SMILES string of the molecule is Cc1cnc(-c2cc3c(c(C(F)(F)F)c2)C(C)(O)C(=O)N3)cc1-n1c(C)cc([C@H]2C[C@@H]2c2ccc(F)cc2)c(Cl)c1=O. The fraction of sp³-hybridized carbons (Fsp3) is 0.258. The topological polar surface area (TPSA) is 84.2 Å². The molecular formula is C31H24ClF4N3O3. The van der Waals surface area contributed by atoms with E-state index in [-0.39, 0.29) is 39.6 Å². The Kier molecular flexibility index (Phi) is 6.36. The maximum Gasteiger partial charge on any atom is 0.416 e. The molecule has 1 aliphatic heterocycles. The van der Waals surface area contributed by atoms with Crippen LogP contribution in [0.3, 0.4) is 0 Å². The number of alkyl halides is 3. The van der Waals surface area contributed by atoms with Crippen molar-refractivity contribution in [3.63, 3.8) is 0 Å². The van der Waals surface area contributed by atoms with E-state index < -0.39 is 34.4 Å². The molecule has 4 aromatic rings. The second kappa shape index (κ2) is 9.50. The van der Waals surface area contributed by atoms with E-state index in [1.165, 1.54) is 35.0 Å².